The topological polar surface area (TPSA) is 39.5 Å². The summed E-state index contributed by atoms with van der Waals surface area (Å²) < 4.78 is 15.7. The number of benzene rings is 6. The quantitative estimate of drug-likeness (QED) is 0.191. The number of aromatic nitrogens is 2. The largest absolute Gasteiger partial charge is 0.451 e. The van der Waals surface area contributed by atoms with E-state index in [2.05, 4.69) is 139 Å². The summed E-state index contributed by atoms with van der Waals surface area (Å²) in [5, 5.41) is 2.33. The van der Waals surface area contributed by atoms with Crippen LogP contribution in [0.3, 0.4) is 0 Å². The second-order valence-corrected chi connectivity index (χ2v) is 13.7. The van der Waals surface area contributed by atoms with E-state index in [1.54, 1.807) is 0 Å². The van der Waals surface area contributed by atoms with Crippen molar-refractivity contribution < 1.29 is 9.47 Å². The fourth-order valence-corrected chi connectivity index (χ4v) is 6.93. The SMILES string of the molecule is CC(C)(C)c1ccnc(-n2c3ccccc3c3ccc(N4c5ccccc5Oc5ccccc5Oc5ccc(-c6ccccc6)cc54)cc32)c1. The van der Waals surface area contributed by atoms with Gasteiger partial charge in [0.05, 0.1) is 22.4 Å². The van der Waals surface area contributed by atoms with Gasteiger partial charge in [-0.2, -0.15) is 0 Å². The Morgan fingerprint density at radius 1 is 0.500 bits per heavy atom. The third-order valence-corrected chi connectivity index (χ3v) is 9.46. The maximum absolute atomic E-state index is 6.73. The molecule has 0 bridgehead atoms. The molecular weight excluding hydrogens is 615 g/mol. The minimum absolute atomic E-state index is 0.0217. The second-order valence-electron chi connectivity index (χ2n) is 13.7. The summed E-state index contributed by atoms with van der Waals surface area (Å²) in [6.45, 7) is 6.71. The lowest BCUT2D eigenvalue weighted by atomic mass is 9.88. The van der Waals surface area contributed by atoms with E-state index < -0.39 is 0 Å². The maximum atomic E-state index is 6.73. The first-order chi connectivity index (χ1) is 24.4. The normalized spacial score (nSPS) is 12.6. The molecule has 0 amide bonds. The first kappa shape index (κ1) is 29.8. The molecule has 50 heavy (non-hydrogen) atoms. The molecule has 5 nitrogen and oxygen atoms in total. The number of hydrogen-bond acceptors (Lipinski definition) is 4. The van der Waals surface area contributed by atoms with Gasteiger partial charge in [0.2, 0.25) is 0 Å². The van der Waals surface area contributed by atoms with Gasteiger partial charge < -0.3 is 14.4 Å². The number of para-hydroxylation sites is 5. The molecular formula is C45H35N3O2. The minimum atomic E-state index is -0.0217. The van der Waals surface area contributed by atoms with Gasteiger partial charge in [-0.25, -0.2) is 4.98 Å². The summed E-state index contributed by atoms with van der Waals surface area (Å²) in [7, 11) is 0. The van der Waals surface area contributed by atoms with Crippen LogP contribution in [0.4, 0.5) is 17.1 Å². The Balaban J connectivity index is 1.33. The lowest BCUT2D eigenvalue weighted by Crippen LogP contribution is -2.13. The predicted molar refractivity (Wildman–Crippen MR) is 204 cm³/mol. The van der Waals surface area contributed by atoms with Gasteiger partial charge in [0.25, 0.3) is 0 Å². The summed E-state index contributed by atoms with van der Waals surface area (Å²) in [5.41, 5.74) is 8.35. The van der Waals surface area contributed by atoms with E-state index in [0.29, 0.717) is 11.5 Å². The number of pyridine rings is 1. The van der Waals surface area contributed by atoms with Crippen molar-refractivity contribution in [2.75, 3.05) is 4.90 Å². The molecule has 6 aromatic carbocycles. The minimum Gasteiger partial charge on any atom is -0.451 e. The Hall–Kier alpha value is -6.33. The molecule has 0 saturated carbocycles. The average molecular weight is 650 g/mol. The number of anilines is 3. The van der Waals surface area contributed by atoms with Gasteiger partial charge in [-0.1, -0.05) is 106 Å². The van der Waals surface area contributed by atoms with E-state index in [4.69, 9.17) is 14.5 Å². The zero-order valence-corrected chi connectivity index (χ0v) is 28.2. The molecule has 0 radical (unpaired) electrons. The van der Waals surface area contributed by atoms with Gasteiger partial charge >= 0.3 is 0 Å². The molecule has 3 heterocycles. The highest BCUT2D eigenvalue weighted by atomic mass is 16.5. The molecule has 8 aromatic rings. The summed E-state index contributed by atoms with van der Waals surface area (Å²) in [5.74, 6) is 3.64. The molecule has 242 valence electrons. The molecule has 0 aliphatic carbocycles. The van der Waals surface area contributed by atoms with Crippen LogP contribution < -0.4 is 14.4 Å². The van der Waals surface area contributed by atoms with Gasteiger partial charge in [-0.3, -0.25) is 4.57 Å². The number of fused-ring (bicyclic) bond motifs is 6. The highest BCUT2D eigenvalue weighted by Gasteiger charge is 2.26. The van der Waals surface area contributed by atoms with E-state index >= 15 is 0 Å². The van der Waals surface area contributed by atoms with Crippen molar-refractivity contribution in [1.29, 1.82) is 0 Å². The molecule has 5 heteroatoms. The van der Waals surface area contributed by atoms with Crippen LogP contribution in [0.15, 0.2) is 158 Å². The lowest BCUT2D eigenvalue weighted by molar-refractivity contribution is 0.423. The van der Waals surface area contributed by atoms with Gasteiger partial charge in [-0.05, 0) is 88.8 Å². The van der Waals surface area contributed by atoms with E-state index in [0.717, 1.165) is 61.9 Å². The molecule has 0 N–H and O–H groups in total. The van der Waals surface area contributed by atoms with Crippen molar-refractivity contribution in [3.8, 4) is 39.9 Å². The first-order valence-electron chi connectivity index (χ1n) is 17.0. The fourth-order valence-electron chi connectivity index (χ4n) is 6.93. The van der Waals surface area contributed by atoms with E-state index in [-0.39, 0.29) is 5.41 Å². The summed E-state index contributed by atoms with van der Waals surface area (Å²) >= 11 is 0. The van der Waals surface area contributed by atoms with Gasteiger partial charge in [0.15, 0.2) is 23.0 Å². The van der Waals surface area contributed by atoms with Crippen LogP contribution in [0.25, 0.3) is 38.8 Å². The number of nitrogens with zero attached hydrogens (tertiary/aromatic N) is 3. The average Bonchev–Trinajstić information content (AvgIpc) is 3.49. The van der Waals surface area contributed by atoms with E-state index in [1.165, 1.54) is 10.9 Å². The summed E-state index contributed by atoms with van der Waals surface area (Å²) in [4.78, 5) is 7.18. The first-order valence-corrected chi connectivity index (χ1v) is 17.0. The number of hydrogen-bond donors (Lipinski definition) is 0. The number of rotatable bonds is 3. The molecule has 1 aliphatic rings. The summed E-state index contributed by atoms with van der Waals surface area (Å²) in [6.07, 6.45) is 1.92. The van der Waals surface area contributed by atoms with Crippen LogP contribution in [0.1, 0.15) is 26.3 Å². The molecule has 2 aromatic heterocycles. The Morgan fingerprint density at radius 2 is 1.16 bits per heavy atom. The standard InChI is InChI=1S/C45H35N3O2/c1-45(2,3)32-25-26-46-44(28-32)48-36-16-8-7-15-34(36)35-23-22-33(29-38(35)48)47-37-17-9-10-18-40(37)49-42-19-11-12-20-43(42)50-41-24-21-31(27-39(41)47)30-13-5-4-6-14-30/h4-29H,1-3H3. The highest BCUT2D eigenvalue weighted by molar-refractivity contribution is 6.10. The van der Waals surface area contributed by atoms with Crippen LogP contribution in [-0.2, 0) is 5.41 Å². The maximum Gasteiger partial charge on any atom is 0.170 e. The lowest BCUT2D eigenvalue weighted by Gasteiger charge is -2.28. The van der Waals surface area contributed by atoms with Gasteiger partial charge in [0, 0.05) is 22.7 Å². The van der Waals surface area contributed by atoms with Crippen molar-refractivity contribution in [1.82, 2.24) is 9.55 Å². The van der Waals surface area contributed by atoms with Crippen LogP contribution in [-0.4, -0.2) is 9.55 Å². The zero-order valence-electron chi connectivity index (χ0n) is 28.2. The van der Waals surface area contributed by atoms with Gasteiger partial charge in [-0.15, -0.1) is 0 Å². The molecule has 0 fully saturated rings. The third-order valence-electron chi connectivity index (χ3n) is 9.46. The van der Waals surface area contributed by atoms with E-state index in [9.17, 15) is 0 Å². The van der Waals surface area contributed by atoms with Crippen LogP contribution >= 0.6 is 0 Å². The monoisotopic (exact) mass is 649 g/mol. The van der Waals surface area contributed by atoms with Gasteiger partial charge in [0.1, 0.15) is 5.82 Å². The molecule has 1 aliphatic heterocycles. The van der Waals surface area contributed by atoms with Crippen LogP contribution in [0.5, 0.6) is 23.0 Å². The smallest absolute Gasteiger partial charge is 0.170 e. The van der Waals surface area contributed by atoms with Crippen molar-refractivity contribution in [3.05, 3.63) is 163 Å². The van der Waals surface area contributed by atoms with Crippen molar-refractivity contribution in [3.63, 3.8) is 0 Å². The van der Waals surface area contributed by atoms with Crippen molar-refractivity contribution >= 4 is 38.9 Å². The third kappa shape index (κ3) is 5.06. The Bertz CT molecular complexity index is 2550. The van der Waals surface area contributed by atoms with E-state index in [1.807, 2.05) is 48.7 Å². The van der Waals surface area contributed by atoms with Crippen LogP contribution in [0, 0.1) is 0 Å². The van der Waals surface area contributed by atoms with Crippen molar-refractivity contribution in [2.45, 2.75) is 26.2 Å². The molecule has 9 rings (SSSR count). The van der Waals surface area contributed by atoms with Crippen LogP contribution in [0.2, 0.25) is 0 Å². The highest BCUT2D eigenvalue weighted by Crippen LogP contribution is 2.51. The predicted octanol–water partition coefficient (Wildman–Crippen LogP) is 12.5. The fraction of sp³-hybridized carbons (Fsp3) is 0.0889. The second kappa shape index (κ2) is 11.7. The molecule has 0 unspecified atom stereocenters. The summed E-state index contributed by atoms with van der Waals surface area (Å²) in [6, 6.07) is 52.5. The Labute approximate surface area is 291 Å². The van der Waals surface area contributed by atoms with Crippen molar-refractivity contribution in [2.24, 2.45) is 0 Å². The molecule has 0 spiro atoms. The Kier molecular flexibility index (Phi) is 6.95. The number of ether oxygens (including phenoxy) is 2. The Morgan fingerprint density at radius 3 is 1.94 bits per heavy atom. The molecule has 0 atom stereocenters. The zero-order chi connectivity index (χ0) is 33.8. The molecule has 0 saturated heterocycles.